The van der Waals surface area contributed by atoms with Crippen molar-refractivity contribution in [1.82, 2.24) is 0 Å². The van der Waals surface area contributed by atoms with Crippen molar-refractivity contribution in [1.29, 1.82) is 0 Å². The van der Waals surface area contributed by atoms with Crippen LogP contribution in [0, 0.1) is 17.5 Å². The van der Waals surface area contributed by atoms with Crippen molar-refractivity contribution >= 4 is 0 Å². The van der Waals surface area contributed by atoms with E-state index in [1.165, 1.54) is 18.2 Å². The van der Waals surface area contributed by atoms with Gasteiger partial charge in [-0.25, -0.2) is 4.39 Å². The van der Waals surface area contributed by atoms with Crippen LogP contribution in [0.4, 0.5) is 13.2 Å². The molecule has 0 heterocycles. The molecule has 0 spiro atoms. The maximum Gasteiger partial charge on any atom is 0.204 e. The highest BCUT2D eigenvalue weighted by atomic mass is 19.2. The Hall–Kier alpha value is -2.37. The molecular weight excluding hydrogens is 249 g/mol. The van der Waals surface area contributed by atoms with Crippen LogP contribution >= 0.6 is 0 Å². The number of hydrogen-bond donors (Lipinski definition) is 3. The lowest BCUT2D eigenvalue weighted by molar-refractivity contribution is 0.359. The molecule has 0 aromatic heterocycles. The van der Waals surface area contributed by atoms with E-state index in [9.17, 15) is 28.5 Å². The average Bonchev–Trinajstić information content (AvgIpc) is 2.34. The van der Waals surface area contributed by atoms with Gasteiger partial charge in [0.2, 0.25) is 17.5 Å². The fourth-order valence-electron chi connectivity index (χ4n) is 1.57. The fourth-order valence-corrected chi connectivity index (χ4v) is 1.57. The van der Waals surface area contributed by atoms with Crippen molar-refractivity contribution < 1.29 is 28.5 Å². The van der Waals surface area contributed by atoms with E-state index in [2.05, 4.69) is 0 Å². The zero-order valence-corrected chi connectivity index (χ0v) is 8.78. The zero-order valence-electron chi connectivity index (χ0n) is 8.78. The fraction of sp³-hybridized carbons (Fsp3) is 0. The Morgan fingerprint density at radius 2 is 1.33 bits per heavy atom. The lowest BCUT2D eigenvalue weighted by Gasteiger charge is -2.10. The highest BCUT2D eigenvalue weighted by Gasteiger charge is 2.25. The first-order valence-corrected chi connectivity index (χ1v) is 4.81. The van der Waals surface area contributed by atoms with Gasteiger partial charge in [-0.2, -0.15) is 8.78 Å². The summed E-state index contributed by atoms with van der Waals surface area (Å²) in [5.41, 5.74) is -0.676. The van der Waals surface area contributed by atoms with E-state index in [0.29, 0.717) is 0 Å². The van der Waals surface area contributed by atoms with Gasteiger partial charge in [0.1, 0.15) is 5.75 Å². The number of benzene rings is 2. The Bertz CT molecular complexity index is 597. The molecule has 0 aliphatic rings. The van der Waals surface area contributed by atoms with Crippen molar-refractivity contribution in [3.8, 4) is 28.4 Å². The lowest BCUT2D eigenvalue weighted by atomic mass is 10.0. The quantitative estimate of drug-likeness (QED) is 0.687. The van der Waals surface area contributed by atoms with E-state index < -0.39 is 34.5 Å². The molecule has 3 N–H and O–H groups in total. The van der Waals surface area contributed by atoms with E-state index in [1.54, 1.807) is 0 Å². The Kier molecular flexibility index (Phi) is 2.78. The van der Waals surface area contributed by atoms with Crippen molar-refractivity contribution in [2.24, 2.45) is 0 Å². The number of phenols is 3. The van der Waals surface area contributed by atoms with Crippen LogP contribution in [-0.2, 0) is 0 Å². The van der Waals surface area contributed by atoms with Gasteiger partial charge < -0.3 is 15.3 Å². The lowest BCUT2D eigenvalue weighted by Crippen LogP contribution is -1.95. The summed E-state index contributed by atoms with van der Waals surface area (Å²) >= 11 is 0. The van der Waals surface area contributed by atoms with Crippen LogP contribution in [0.5, 0.6) is 17.2 Å². The maximum atomic E-state index is 13.2. The molecule has 0 radical (unpaired) electrons. The largest absolute Gasteiger partial charge is 0.508 e. The van der Waals surface area contributed by atoms with Crippen molar-refractivity contribution in [3.05, 3.63) is 41.7 Å². The zero-order chi connectivity index (χ0) is 13.4. The molecule has 0 atom stereocenters. The van der Waals surface area contributed by atoms with Crippen LogP contribution in [0.3, 0.4) is 0 Å². The topological polar surface area (TPSA) is 60.7 Å². The van der Waals surface area contributed by atoms with Gasteiger partial charge in [-0.3, -0.25) is 0 Å². The summed E-state index contributed by atoms with van der Waals surface area (Å²) < 4.78 is 39.3. The van der Waals surface area contributed by atoms with Crippen LogP contribution in [0.25, 0.3) is 11.1 Å². The summed E-state index contributed by atoms with van der Waals surface area (Å²) in [6, 6.07) is 4.97. The number of phenolic OH excluding ortho intramolecular Hbond substituents is 3. The first-order valence-electron chi connectivity index (χ1n) is 4.81. The second-order valence-electron chi connectivity index (χ2n) is 3.56. The summed E-state index contributed by atoms with van der Waals surface area (Å²) in [5, 5.41) is 28.0. The standard InChI is InChI=1S/C12H7F3O3/c13-8-9(14)11(17)7(12(18)10(8)15)5-2-1-3-6(16)4-5/h1-4,16-18H. The van der Waals surface area contributed by atoms with E-state index in [1.807, 2.05) is 0 Å². The molecule has 0 aliphatic heterocycles. The number of rotatable bonds is 1. The molecule has 18 heavy (non-hydrogen) atoms. The molecule has 0 saturated carbocycles. The average molecular weight is 256 g/mol. The minimum Gasteiger partial charge on any atom is -0.508 e. The monoisotopic (exact) mass is 256 g/mol. The predicted octanol–water partition coefficient (Wildman–Crippen LogP) is 2.89. The van der Waals surface area contributed by atoms with Crippen LogP contribution in [0.15, 0.2) is 24.3 Å². The molecule has 0 amide bonds. The van der Waals surface area contributed by atoms with Gasteiger partial charge in [-0.05, 0) is 17.7 Å². The Labute approximate surface area is 99.4 Å². The molecule has 0 unspecified atom stereocenters. The third-order valence-electron chi connectivity index (χ3n) is 2.41. The van der Waals surface area contributed by atoms with Crippen molar-refractivity contribution in [2.45, 2.75) is 0 Å². The molecule has 3 nitrogen and oxygen atoms in total. The second-order valence-corrected chi connectivity index (χ2v) is 3.56. The summed E-state index contributed by atoms with van der Waals surface area (Å²) in [7, 11) is 0. The highest BCUT2D eigenvalue weighted by molar-refractivity contribution is 5.77. The SMILES string of the molecule is Oc1cccc(-c2c(O)c(F)c(F)c(F)c2O)c1. The number of halogens is 3. The minimum atomic E-state index is -1.96. The predicted molar refractivity (Wildman–Crippen MR) is 56.7 cm³/mol. The first-order chi connectivity index (χ1) is 8.43. The molecular formula is C12H7F3O3. The van der Waals surface area contributed by atoms with E-state index in [4.69, 9.17) is 0 Å². The highest BCUT2D eigenvalue weighted by Crippen LogP contribution is 2.42. The van der Waals surface area contributed by atoms with Crippen LogP contribution in [-0.4, -0.2) is 15.3 Å². The molecule has 94 valence electrons. The molecule has 2 aromatic rings. The van der Waals surface area contributed by atoms with Gasteiger partial charge in [-0.1, -0.05) is 12.1 Å². The summed E-state index contributed by atoms with van der Waals surface area (Å²) in [4.78, 5) is 0. The van der Waals surface area contributed by atoms with Crippen LogP contribution in [0.2, 0.25) is 0 Å². The number of hydrogen-bond acceptors (Lipinski definition) is 3. The maximum absolute atomic E-state index is 13.2. The first kappa shape index (κ1) is 12.1. The smallest absolute Gasteiger partial charge is 0.204 e. The minimum absolute atomic E-state index is 0.0530. The van der Waals surface area contributed by atoms with Gasteiger partial charge in [-0.15, -0.1) is 0 Å². The molecule has 6 heteroatoms. The Balaban J connectivity index is 2.80. The van der Waals surface area contributed by atoms with Gasteiger partial charge >= 0.3 is 0 Å². The van der Waals surface area contributed by atoms with Gasteiger partial charge in [0.05, 0.1) is 5.56 Å². The molecule has 0 bridgehead atoms. The van der Waals surface area contributed by atoms with Gasteiger partial charge in [0.15, 0.2) is 11.5 Å². The molecule has 2 aromatic carbocycles. The molecule has 0 fully saturated rings. The second kappa shape index (κ2) is 4.14. The molecule has 2 rings (SSSR count). The Morgan fingerprint density at radius 3 is 1.83 bits per heavy atom. The van der Waals surface area contributed by atoms with E-state index >= 15 is 0 Å². The molecule has 0 saturated heterocycles. The molecule has 0 aliphatic carbocycles. The third-order valence-corrected chi connectivity index (χ3v) is 2.41. The van der Waals surface area contributed by atoms with E-state index in [0.717, 1.165) is 6.07 Å². The van der Waals surface area contributed by atoms with Crippen molar-refractivity contribution in [2.75, 3.05) is 0 Å². The summed E-state index contributed by atoms with van der Waals surface area (Å²) in [6.45, 7) is 0. The van der Waals surface area contributed by atoms with Crippen LogP contribution < -0.4 is 0 Å². The summed E-state index contributed by atoms with van der Waals surface area (Å²) in [5.74, 6) is -8.26. The van der Waals surface area contributed by atoms with Gasteiger partial charge in [0.25, 0.3) is 0 Å². The summed E-state index contributed by atoms with van der Waals surface area (Å²) in [6.07, 6.45) is 0. The van der Waals surface area contributed by atoms with E-state index in [-0.39, 0.29) is 11.3 Å². The van der Waals surface area contributed by atoms with Crippen molar-refractivity contribution in [3.63, 3.8) is 0 Å². The Morgan fingerprint density at radius 1 is 0.778 bits per heavy atom. The van der Waals surface area contributed by atoms with Crippen LogP contribution in [0.1, 0.15) is 0 Å². The third kappa shape index (κ3) is 1.71. The number of aromatic hydroxyl groups is 3. The normalized spacial score (nSPS) is 10.6. The van der Waals surface area contributed by atoms with Gasteiger partial charge in [0, 0.05) is 0 Å².